The highest BCUT2D eigenvalue weighted by molar-refractivity contribution is 9.10. The predicted molar refractivity (Wildman–Crippen MR) is 89.8 cm³/mol. The third-order valence-electron chi connectivity index (χ3n) is 2.83. The Morgan fingerprint density at radius 3 is 2.90 bits per heavy atom. The Morgan fingerprint density at radius 1 is 1.33 bits per heavy atom. The van der Waals surface area contributed by atoms with E-state index in [1.54, 1.807) is 24.2 Å². The van der Waals surface area contributed by atoms with E-state index in [0.717, 1.165) is 21.4 Å². The number of nitrogens with zero attached hydrogens (tertiary/aromatic N) is 1. The van der Waals surface area contributed by atoms with Gasteiger partial charge in [-0.15, -0.1) is 11.8 Å². The van der Waals surface area contributed by atoms with Crippen molar-refractivity contribution in [1.82, 2.24) is 4.98 Å². The molecule has 5 heteroatoms. The number of thioether (sulfide) groups is 1. The minimum atomic E-state index is -0.570. The lowest BCUT2D eigenvalue weighted by atomic mass is 10.2. The molecule has 0 bridgehead atoms. The molecule has 1 N–H and O–H groups in total. The molecule has 1 aromatic carbocycles. The number of halogens is 1. The zero-order valence-electron chi connectivity index (χ0n) is 11.8. The largest absolute Gasteiger partial charge is 0.492 e. The first-order valence-corrected chi connectivity index (χ1v) is 8.61. The van der Waals surface area contributed by atoms with Gasteiger partial charge < -0.3 is 9.84 Å². The van der Waals surface area contributed by atoms with Crippen LogP contribution in [-0.2, 0) is 0 Å². The quantitative estimate of drug-likeness (QED) is 0.733. The van der Waals surface area contributed by atoms with Gasteiger partial charge in [0.15, 0.2) is 0 Å². The van der Waals surface area contributed by atoms with Crippen LogP contribution in [0.4, 0.5) is 0 Å². The van der Waals surface area contributed by atoms with Crippen LogP contribution >= 0.6 is 27.7 Å². The van der Waals surface area contributed by atoms with Crippen LogP contribution in [0.5, 0.6) is 5.75 Å². The van der Waals surface area contributed by atoms with E-state index in [4.69, 9.17) is 4.74 Å². The molecular weight excluding hydrogens is 350 g/mol. The summed E-state index contributed by atoms with van der Waals surface area (Å²) in [5, 5.41) is 10.3. The molecule has 0 aliphatic heterocycles. The van der Waals surface area contributed by atoms with Gasteiger partial charge in [0.2, 0.25) is 0 Å². The number of ether oxygens (including phenoxy) is 1. The van der Waals surface area contributed by atoms with Gasteiger partial charge in [0.1, 0.15) is 5.75 Å². The van der Waals surface area contributed by atoms with Crippen molar-refractivity contribution >= 4 is 27.7 Å². The fourth-order valence-corrected chi connectivity index (χ4v) is 3.28. The van der Waals surface area contributed by atoms with E-state index in [1.165, 1.54) is 0 Å². The molecule has 1 atom stereocenters. The molecule has 2 rings (SSSR count). The lowest BCUT2D eigenvalue weighted by Crippen LogP contribution is -2.03. The van der Waals surface area contributed by atoms with Crippen molar-refractivity contribution in [3.8, 4) is 5.75 Å². The Kier molecular flexibility index (Phi) is 6.54. The molecule has 3 nitrogen and oxygen atoms in total. The standard InChI is InChI=1S/C16H18BrNO2S/c1-2-7-20-13-8-12(9-18-10-13)15(19)11-21-16-6-4-3-5-14(16)17/h3-6,8-10,15,19H,2,7,11H2,1H3. The molecule has 1 aromatic heterocycles. The van der Waals surface area contributed by atoms with Crippen molar-refractivity contribution in [3.05, 3.63) is 52.8 Å². The second kappa shape index (κ2) is 8.41. The molecular formula is C16H18BrNO2S. The smallest absolute Gasteiger partial charge is 0.137 e. The average Bonchev–Trinajstić information content (AvgIpc) is 2.52. The molecule has 0 aliphatic carbocycles. The summed E-state index contributed by atoms with van der Waals surface area (Å²) >= 11 is 5.12. The molecule has 0 saturated carbocycles. The van der Waals surface area contributed by atoms with Crippen LogP contribution in [0.25, 0.3) is 0 Å². The number of aliphatic hydroxyl groups is 1. The van der Waals surface area contributed by atoms with Crippen molar-refractivity contribution < 1.29 is 9.84 Å². The van der Waals surface area contributed by atoms with E-state index in [2.05, 4.69) is 27.8 Å². The first-order chi connectivity index (χ1) is 10.2. The molecule has 0 aliphatic rings. The van der Waals surface area contributed by atoms with Crippen LogP contribution in [0.2, 0.25) is 0 Å². The van der Waals surface area contributed by atoms with Gasteiger partial charge in [0.05, 0.1) is 18.9 Å². The van der Waals surface area contributed by atoms with E-state index in [1.807, 2.05) is 30.3 Å². The molecule has 21 heavy (non-hydrogen) atoms. The lowest BCUT2D eigenvalue weighted by molar-refractivity contribution is 0.202. The molecule has 0 spiro atoms. The highest BCUT2D eigenvalue weighted by Gasteiger charge is 2.11. The zero-order chi connectivity index (χ0) is 15.1. The van der Waals surface area contributed by atoms with Gasteiger partial charge in [-0.1, -0.05) is 19.1 Å². The van der Waals surface area contributed by atoms with Crippen LogP contribution in [0.1, 0.15) is 25.0 Å². The predicted octanol–water partition coefficient (Wildman–Crippen LogP) is 4.46. The summed E-state index contributed by atoms with van der Waals surface area (Å²) in [6.07, 6.45) is 3.74. The molecule has 1 unspecified atom stereocenters. The SMILES string of the molecule is CCCOc1cncc(C(O)CSc2ccccc2Br)c1. The van der Waals surface area contributed by atoms with Crippen LogP contribution < -0.4 is 4.74 Å². The Bertz CT molecular complexity index is 580. The Hall–Kier alpha value is -1.04. The minimum Gasteiger partial charge on any atom is -0.492 e. The number of hydrogen-bond donors (Lipinski definition) is 1. The molecule has 112 valence electrons. The van der Waals surface area contributed by atoms with Crippen LogP contribution in [-0.4, -0.2) is 22.5 Å². The van der Waals surface area contributed by atoms with Crippen LogP contribution in [0.15, 0.2) is 52.1 Å². The van der Waals surface area contributed by atoms with Gasteiger partial charge in [-0.2, -0.15) is 0 Å². The molecule has 1 heterocycles. The molecule has 0 amide bonds. The average molecular weight is 368 g/mol. The fourth-order valence-electron chi connectivity index (χ4n) is 1.74. The summed E-state index contributed by atoms with van der Waals surface area (Å²) in [6, 6.07) is 9.84. The summed E-state index contributed by atoms with van der Waals surface area (Å²) in [4.78, 5) is 5.24. The molecule has 0 saturated heterocycles. The third kappa shape index (κ3) is 5.02. The Labute approximate surface area is 137 Å². The van der Waals surface area contributed by atoms with Crippen LogP contribution in [0.3, 0.4) is 0 Å². The number of aromatic nitrogens is 1. The maximum Gasteiger partial charge on any atom is 0.137 e. The van der Waals surface area contributed by atoms with Crippen LogP contribution in [0, 0.1) is 0 Å². The van der Waals surface area contributed by atoms with Crippen molar-refractivity contribution in [2.24, 2.45) is 0 Å². The summed E-state index contributed by atoms with van der Waals surface area (Å²) < 4.78 is 6.58. The first-order valence-electron chi connectivity index (χ1n) is 6.84. The van der Waals surface area contributed by atoms with E-state index >= 15 is 0 Å². The minimum absolute atomic E-state index is 0.570. The molecule has 0 radical (unpaired) electrons. The maximum atomic E-state index is 10.3. The van der Waals surface area contributed by atoms with Gasteiger partial charge in [0.25, 0.3) is 0 Å². The summed E-state index contributed by atoms with van der Waals surface area (Å²) in [6.45, 7) is 2.72. The van der Waals surface area contributed by atoms with Gasteiger partial charge in [-0.05, 0) is 40.5 Å². The number of rotatable bonds is 7. The summed E-state index contributed by atoms with van der Waals surface area (Å²) in [7, 11) is 0. The van der Waals surface area contributed by atoms with E-state index in [9.17, 15) is 5.11 Å². The number of aliphatic hydroxyl groups excluding tert-OH is 1. The zero-order valence-corrected chi connectivity index (χ0v) is 14.2. The lowest BCUT2D eigenvalue weighted by Gasteiger charge is -2.12. The first kappa shape index (κ1) is 16.3. The number of hydrogen-bond acceptors (Lipinski definition) is 4. The number of pyridine rings is 1. The highest BCUT2D eigenvalue weighted by Crippen LogP contribution is 2.30. The third-order valence-corrected chi connectivity index (χ3v) is 4.93. The van der Waals surface area contributed by atoms with Gasteiger partial charge >= 0.3 is 0 Å². The second-order valence-electron chi connectivity index (χ2n) is 4.56. The summed E-state index contributed by atoms with van der Waals surface area (Å²) in [5.41, 5.74) is 0.781. The van der Waals surface area contributed by atoms with Gasteiger partial charge in [-0.25, -0.2) is 0 Å². The van der Waals surface area contributed by atoms with Crippen molar-refractivity contribution in [3.63, 3.8) is 0 Å². The monoisotopic (exact) mass is 367 g/mol. The Morgan fingerprint density at radius 2 is 2.14 bits per heavy atom. The normalized spacial score (nSPS) is 12.1. The second-order valence-corrected chi connectivity index (χ2v) is 6.48. The van der Waals surface area contributed by atoms with Crippen molar-refractivity contribution in [2.45, 2.75) is 24.3 Å². The highest BCUT2D eigenvalue weighted by atomic mass is 79.9. The molecule has 2 aromatic rings. The maximum absolute atomic E-state index is 10.3. The Balaban J connectivity index is 1.97. The van der Waals surface area contributed by atoms with E-state index in [0.29, 0.717) is 18.1 Å². The van der Waals surface area contributed by atoms with E-state index in [-0.39, 0.29) is 0 Å². The topological polar surface area (TPSA) is 42.4 Å². The number of benzene rings is 1. The van der Waals surface area contributed by atoms with Crippen molar-refractivity contribution in [2.75, 3.05) is 12.4 Å². The van der Waals surface area contributed by atoms with Crippen molar-refractivity contribution in [1.29, 1.82) is 0 Å². The summed E-state index contributed by atoms with van der Waals surface area (Å²) in [5.74, 6) is 1.28. The fraction of sp³-hybridized carbons (Fsp3) is 0.312. The molecule has 0 fully saturated rings. The van der Waals surface area contributed by atoms with E-state index < -0.39 is 6.10 Å². The van der Waals surface area contributed by atoms with Gasteiger partial charge in [0, 0.05) is 26.9 Å². The van der Waals surface area contributed by atoms with Gasteiger partial charge in [-0.3, -0.25) is 4.98 Å².